The fourth-order valence-corrected chi connectivity index (χ4v) is 0.600. The Morgan fingerprint density at radius 3 is 1.75 bits per heavy atom. The zero-order valence-corrected chi connectivity index (χ0v) is 10.4. The van der Waals surface area contributed by atoms with E-state index in [-0.39, 0.29) is 0 Å². The van der Waals surface area contributed by atoms with E-state index in [1.165, 1.54) is 19.3 Å². The van der Waals surface area contributed by atoms with Crippen LogP contribution in [0.1, 0.15) is 47.0 Å². The third-order valence-corrected chi connectivity index (χ3v) is 2.50. The van der Waals surface area contributed by atoms with E-state index in [1.807, 2.05) is 19.9 Å². The fraction of sp³-hybridized carbons (Fsp3) is 0.636. The van der Waals surface area contributed by atoms with Crippen molar-refractivity contribution in [3.63, 3.8) is 0 Å². The summed E-state index contributed by atoms with van der Waals surface area (Å²) in [5, 5.41) is 0. The first kappa shape index (κ1) is 14.5. The minimum atomic E-state index is 1.07. The van der Waals surface area contributed by atoms with Crippen LogP contribution in [-0.2, 0) is 0 Å². The lowest BCUT2D eigenvalue weighted by Crippen LogP contribution is -1.66. The lowest BCUT2D eigenvalue weighted by molar-refractivity contribution is 0.772. The molecule has 0 aliphatic heterocycles. The Labute approximate surface area is 85.9 Å². The first-order valence-corrected chi connectivity index (χ1v) is 5.37. The van der Waals surface area contributed by atoms with Crippen LogP contribution in [0.15, 0.2) is 22.7 Å². The summed E-state index contributed by atoms with van der Waals surface area (Å²) in [6.45, 7) is 12.1. The molecule has 72 valence electrons. The van der Waals surface area contributed by atoms with Gasteiger partial charge in [0.2, 0.25) is 0 Å². The summed E-state index contributed by atoms with van der Waals surface area (Å²) < 4.78 is 1.09. The minimum Gasteiger partial charge on any atom is -0.0950 e. The number of hydrogen-bond donors (Lipinski definition) is 0. The molecular weight excluding hydrogens is 212 g/mol. The molecule has 1 heteroatoms. The molecule has 0 radical (unpaired) electrons. The maximum absolute atomic E-state index is 3.71. The summed E-state index contributed by atoms with van der Waals surface area (Å²) in [6.07, 6.45) is 6.05. The molecule has 12 heavy (non-hydrogen) atoms. The predicted molar refractivity (Wildman–Crippen MR) is 62.7 cm³/mol. The number of hydrogen-bond acceptors (Lipinski definition) is 0. The van der Waals surface area contributed by atoms with Crippen molar-refractivity contribution < 1.29 is 0 Å². The van der Waals surface area contributed by atoms with Gasteiger partial charge < -0.3 is 0 Å². The Morgan fingerprint density at radius 1 is 1.33 bits per heavy atom. The molecule has 0 amide bonds. The average molecular weight is 233 g/mol. The standard InChI is InChI=1S/C6H9Br.C5H12/c1-4-6(7)5(2)3;1-3-5-4-2/h4H,2H2,1,3H3;3-5H2,1-2H3/b6-4-;. The van der Waals surface area contributed by atoms with Crippen LogP contribution in [0.5, 0.6) is 0 Å². The second-order valence-electron chi connectivity index (χ2n) is 2.77. The molecule has 0 fully saturated rings. The number of rotatable bonds is 3. The van der Waals surface area contributed by atoms with E-state index < -0.39 is 0 Å². The van der Waals surface area contributed by atoms with Gasteiger partial charge in [-0.1, -0.05) is 61.7 Å². The summed E-state index contributed by atoms with van der Waals surface area (Å²) in [5.74, 6) is 0. The van der Waals surface area contributed by atoms with Crippen molar-refractivity contribution in [1.82, 2.24) is 0 Å². The van der Waals surface area contributed by atoms with Crippen LogP contribution in [0.3, 0.4) is 0 Å². The Balaban J connectivity index is 0. The molecule has 0 nitrogen and oxygen atoms in total. The van der Waals surface area contributed by atoms with Crippen LogP contribution in [0.4, 0.5) is 0 Å². The normalized spacial score (nSPS) is 10.2. The van der Waals surface area contributed by atoms with E-state index in [0.29, 0.717) is 0 Å². The van der Waals surface area contributed by atoms with Crippen LogP contribution in [0.25, 0.3) is 0 Å². The Bertz CT molecular complexity index is 132. The third-order valence-electron chi connectivity index (χ3n) is 1.37. The van der Waals surface area contributed by atoms with Crippen molar-refractivity contribution in [3.8, 4) is 0 Å². The van der Waals surface area contributed by atoms with E-state index in [4.69, 9.17) is 0 Å². The zero-order chi connectivity index (χ0) is 9.98. The summed E-state index contributed by atoms with van der Waals surface area (Å²) in [4.78, 5) is 0. The molecule has 0 bridgehead atoms. The van der Waals surface area contributed by atoms with Gasteiger partial charge in [0, 0.05) is 4.48 Å². The summed E-state index contributed by atoms with van der Waals surface area (Å²) >= 11 is 3.30. The molecule has 0 spiro atoms. The van der Waals surface area contributed by atoms with Crippen LogP contribution in [-0.4, -0.2) is 0 Å². The molecule has 0 aliphatic rings. The first-order valence-electron chi connectivity index (χ1n) is 4.57. The molecule has 0 N–H and O–H groups in total. The highest BCUT2D eigenvalue weighted by atomic mass is 79.9. The van der Waals surface area contributed by atoms with E-state index in [0.717, 1.165) is 10.1 Å². The Morgan fingerprint density at radius 2 is 1.75 bits per heavy atom. The van der Waals surface area contributed by atoms with Gasteiger partial charge in [0.1, 0.15) is 0 Å². The topological polar surface area (TPSA) is 0 Å². The summed E-state index contributed by atoms with van der Waals surface area (Å²) in [6, 6.07) is 0. The van der Waals surface area contributed by atoms with Gasteiger partial charge in [-0.25, -0.2) is 0 Å². The van der Waals surface area contributed by atoms with Gasteiger partial charge in [-0.2, -0.15) is 0 Å². The summed E-state index contributed by atoms with van der Waals surface area (Å²) in [5.41, 5.74) is 1.07. The van der Waals surface area contributed by atoms with Crippen LogP contribution in [0, 0.1) is 0 Å². The number of unbranched alkanes of at least 4 members (excludes halogenated alkanes) is 2. The molecule has 0 saturated heterocycles. The zero-order valence-electron chi connectivity index (χ0n) is 8.78. The molecule has 0 heterocycles. The highest BCUT2D eigenvalue weighted by Gasteiger charge is 1.84. The lowest BCUT2D eigenvalue weighted by Gasteiger charge is -1.89. The average Bonchev–Trinajstić information content (AvgIpc) is 2.05. The maximum Gasteiger partial charge on any atom is 0.0155 e. The van der Waals surface area contributed by atoms with Crippen LogP contribution in [0.2, 0.25) is 0 Å². The molecular formula is C11H21Br. The highest BCUT2D eigenvalue weighted by Crippen LogP contribution is 2.12. The number of halogens is 1. The fourth-order valence-electron chi connectivity index (χ4n) is 0.600. The monoisotopic (exact) mass is 232 g/mol. The highest BCUT2D eigenvalue weighted by molar-refractivity contribution is 9.11. The Hall–Kier alpha value is -0.0400. The van der Waals surface area contributed by atoms with Crippen molar-refractivity contribution >= 4 is 15.9 Å². The van der Waals surface area contributed by atoms with Gasteiger partial charge in [-0.3, -0.25) is 0 Å². The number of allylic oxidation sites excluding steroid dienone is 3. The quantitative estimate of drug-likeness (QED) is 0.598. The molecule has 0 aliphatic carbocycles. The van der Waals surface area contributed by atoms with Gasteiger partial charge in [0.05, 0.1) is 0 Å². The van der Waals surface area contributed by atoms with Crippen molar-refractivity contribution in [3.05, 3.63) is 22.7 Å². The van der Waals surface area contributed by atoms with Gasteiger partial charge in [0.25, 0.3) is 0 Å². The van der Waals surface area contributed by atoms with Gasteiger partial charge in [-0.05, 0) is 19.4 Å². The van der Waals surface area contributed by atoms with E-state index in [1.54, 1.807) is 0 Å². The third kappa shape index (κ3) is 12.6. The molecule has 0 atom stereocenters. The van der Waals surface area contributed by atoms with E-state index in [2.05, 4.69) is 36.4 Å². The van der Waals surface area contributed by atoms with Gasteiger partial charge in [-0.15, -0.1) is 0 Å². The van der Waals surface area contributed by atoms with Crippen molar-refractivity contribution in [1.29, 1.82) is 0 Å². The SMILES string of the molecule is C=C(C)/C(Br)=C/C.CCCCC. The predicted octanol–water partition coefficient (Wildman–Crippen LogP) is 5.06. The van der Waals surface area contributed by atoms with E-state index in [9.17, 15) is 0 Å². The molecule has 0 saturated carbocycles. The second kappa shape index (κ2) is 11.0. The Kier molecular flexibility index (Phi) is 13.2. The molecule has 0 aromatic heterocycles. The first-order chi connectivity index (χ1) is 5.59. The molecule has 0 unspecified atom stereocenters. The molecule has 0 aromatic carbocycles. The second-order valence-corrected chi connectivity index (χ2v) is 3.62. The van der Waals surface area contributed by atoms with Crippen molar-refractivity contribution in [2.24, 2.45) is 0 Å². The van der Waals surface area contributed by atoms with Crippen molar-refractivity contribution in [2.75, 3.05) is 0 Å². The van der Waals surface area contributed by atoms with Gasteiger partial charge in [0.15, 0.2) is 0 Å². The molecule has 0 aromatic rings. The smallest absolute Gasteiger partial charge is 0.0155 e. The minimum absolute atomic E-state index is 1.07. The lowest BCUT2D eigenvalue weighted by atomic mass is 10.3. The maximum atomic E-state index is 3.71. The molecule has 0 rings (SSSR count). The van der Waals surface area contributed by atoms with Crippen molar-refractivity contribution in [2.45, 2.75) is 47.0 Å². The van der Waals surface area contributed by atoms with Crippen LogP contribution < -0.4 is 0 Å². The summed E-state index contributed by atoms with van der Waals surface area (Å²) in [7, 11) is 0. The van der Waals surface area contributed by atoms with E-state index >= 15 is 0 Å². The van der Waals surface area contributed by atoms with Crippen LogP contribution >= 0.6 is 15.9 Å². The largest absolute Gasteiger partial charge is 0.0950 e. The van der Waals surface area contributed by atoms with Gasteiger partial charge >= 0.3 is 0 Å².